The van der Waals surface area contributed by atoms with Crippen LogP contribution in [0.4, 0.5) is 0 Å². The van der Waals surface area contributed by atoms with Crippen LogP contribution in [0.2, 0.25) is 0 Å². The molecule has 6 heteroatoms. The molecule has 0 saturated carbocycles. The molecule has 28 heavy (non-hydrogen) atoms. The van der Waals surface area contributed by atoms with Gasteiger partial charge in [-0.3, -0.25) is 9.89 Å². The number of halogens is 1. The van der Waals surface area contributed by atoms with Gasteiger partial charge in [-0.05, 0) is 48.7 Å². The Kier molecular flexibility index (Phi) is 4.59. The van der Waals surface area contributed by atoms with Crippen molar-refractivity contribution in [1.82, 2.24) is 15.1 Å². The Labute approximate surface area is 171 Å². The summed E-state index contributed by atoms with van der Waals surface area (Å²) in [5.41, 5.74) is 5.37. The number of hydrogen-bond acceptors (Lipinski definition) is 3. The topological polar surface area (TPSA) is 69.2 Å². The number of carbonyl (C=O) groups is 1. The molecule has 2 heterocycles. The van der Waals surface area contributed by atoms with Crippen molar-refractivity contribution in [2.45, 2.75) is 19.9 Å². The molecule has 0 saturated heterocycles. The third kappa shape index (κ3) is 2.85. The molecule has 1 unspecified atom stereocenters. The predicted molar refractivity (Wildman–Crippen MR) is 112 cm³/mol. The van der Waals surface area contributed by atoms with E-state index in [-0.39, 0.29) is 17.7 Å². The van der Waals surface area contributed by atoms with Gasteiger partial charge in [0.1, 0.15) is 17.1 Å². The van der Waals surface area contributed by atoms with E-state index in [1.165, 1.54) is 0 Å². The number of aromatic hydroxyl groups is 1. The summed E-state index contributed by atoms with van der Waals surface area (Å²) in [5, 5.41) is 18.0. The van der Waals surface area contributed by atoms with Crippen LogP contribution in [0.3, 0.4) is 0 Å². The quantitative estimate of drug-likeness (QED) is 0.570. The molecule has 4 rings (SSSR count). The number of benzene rings is 2. The minimum Gasteiger partial charge on any atom is -0.507 e. The molecule has 0 spiro atoms. The lowest BCUT2D eigenvalue weighted by Gasteiger charge is -2.25. The van der Waals surface area contributed by atoms with E-state index in [4.69, 9.17) is 0 Å². The van der Waals surface area contributed by atoms with Crippen molar-refractivity contribution in [3.05, 3.63) is 81.5 Å². The summed E-state index contributed by atoms with van der Waals surface area (Å²) in [6.45, 7) is 8.09. The van der Waals surface area contributed by atoms with Gasteiger partial charge in [0.15, 0.2) is 0 Å². The molecule has 5 nitrogen and oxygen atoms in total. The number of phenols is 1. The molecule has 1 aliphatic heterocycles. The number of aromatic amines is 1. The maximum absolute atomic E-state index is 13.0. The zero-order chi connectivity index (χ0) is 20.0. The Morgan fingerprint density at radius 2 is 2.00 bits per heavy atom. The Morgan fingerprint density at radius 1 is 1.29 bits per heavy atom. The summed E-state index contributed by atoms with van der Waals surface area (Å²) in [7, 11) is 0. The minimum atomic E-state index is -0.303. The molecule has 1 amide bonds. The second-order valence-corrected chi connectivity index (χ2v) is 7.95. The van der Waals surface area contributed by atoms with Crippen molar-refractivity contribution >= 4 is 21.8 Å². The van der Waals surface area contributed by atoms with Gasteiger partial charge in [-0.15, -0.1) is 6.58 Å². The highest BCUT2D eigenvalue weighted by Gasteiger charge is 2.42. The number of aryl methyl sites for hydroxylation is 2. The lowest BCUT2D eigenvalue weighted by molar-refractivity contribution is 0.0764. The molecule has 1 aliphatic rings. The summed E-state index contributed by atoms with van der Waals surface area (Å²) < 4.78 is 0.968. The van der Waals surface area contributed by atoms with Crippen molar-refractivity contribution in [3.63, 3.8) is 0 Å². The molecule has 2 aromatic carbocycles. The first-order valence-corrected chi connectivity index (χ1v) is 9.77. The molecule has 2 N–H and O–H groups in total. The Balaban J connectivity index is 1.95. The molecular weight excluding hydrogens is 418 g/mol. The first-order chi connectivity index (χ1) is 13.4. The van der Waals surface area contributed by atoms with Gasteiger partial charge in [0, 0.05) is 22.1 Å². The van der Waals surface area contributed by atoms with Crippen molar-refractivity contribution in [3.8, 4) is 17.0 Å². The van der Waals surface area contributed by atoms with E-state index in [9.17, 15) is 9.90 Å². The fraction of sp³-hybridized carbons (Fsp3) is 0.182. The number of amides is 1. The number of phenolic OH excluding ortho intramolecular Hbond substituents is 1. The molecule has 3 aromatic rings. The molecule has 0 fully saturated rings. The van der Waals surface area contributed by atoms with Gasteiger partial charge in [0.2, 0.25) is 0 Å². The summed E-state index contributed by atoms with van der Waals surface area (Å²) >= 11 is 3.46. The van der Waals surface area contributed by atoms with Gasteiger partial charge >= 0.3 is 0 Å². The van der Waals surface area contributed by atoms with Crippen LogP contribution in [-0.4, -0.2) is 32.7 Å². The second kappa shape index (κ2) is 6.95. The fourth-order valence-corrected chi connectivity index (χ4v) is 4.22. The maximum atomic E-state index is 13.0. The van der Waals surface area contributed by atoms with Crippen molar-refractivity contribution in [1.29, 1.82) is 0 Å². The summed E-state index contributed by atoms with van der Waals surface area (Å²) in [6, 6.07) is 11.3. The number of aromatic nitrogens is 2. The molecule has 0 bridgehead atoms. The Morgan fingerprint density at radius 3 is 2.64 bits per heavy atom. The van der Waals surface area contributed by atoms with Crippen LogP contribution >= 0.6 is 15.9 Å². The van der Waals surface area contributed by atoms with Gasteiger partial charge in [0.25, 0.3) is 5.91 Å². The summed E-state index contributed by atoms with van der Waals surface area (Å²) in [6.07, 6.45) is 1.72. The average molecular weight is 438 g/mol. The number of rotatable bonds is 4. The van der Waals surface area contributed by atoms with Gasteiger partial charge in [0.05, 0.1) is 6.04 Å². The second-order valence-electron chi connectivity index (χ2n) is 7.04. The molecule has 142 valence electrons. The van der Waals surface area contributed by atoms with Gasteiger partial charge in [-0.25, -0.2) is 0 Å². The number of nitrogens with one attached hydrogen (secondary N) is 1. The number of hydrogen-bond donors (Lipinski definition) is 2. The normalized spacial score (nSPS) is 15.8. The van der Waals surface area contributed by atoms with E-state index >= 15 is 0 Å². The maximum Gasteiger partial charge on any atom is 0.273 e. The Hall–Kier alpha value is -2.86. The molecule has 0 radical (unpaired) electrons. The van der Waals surface area contributed by atoms with E-state index in [1.807, 2.05) is 44.2 Å². The van der Waals surface area contributed by atoms with E-state index < -0.39 is 0 Å². The van der Waals surface area contributed by atoms with Gasteiger partial charge in [-0.2, -0.15) is 5.10 Å². The summed E-state index contributed by atoms with van der Waals surface area (Å²) in [5.74, 6) is 0.0433. The monoisotopic (exact) mass is 437 g/mol. The largest absolute Gasteiger partial charge is 0.507 e. The molecule has 1 aromatic heterocycles. The van der Waals surface area contributed by atoms with Crippen molar-refractivity contribution < 1.29 is 9.90 Å². The lowest BCUT2D eigenvalue weighted by atomic mass is 9.93. The number of fused-ring (bicyclic) bond motifs is 1. The lowest BCUT2D eigenvalue weighted by Crippen LogP contribution is -2.29. The van der Waals surface area contributed by atoms with Crippen LogP contribution in [-0.2, 0) is 0 Å². The van der Waals surface area contributed by atoms with Crippen LogP contribution in [0.1, 0.15) is 38.8 Å². The average Bonchev–Trinajstić information content (AvgIpc) is 3.16. The van der Waals surface area contributed by atoms with Crippen LogP contribution in [0.25, 0.3) is 11.3 Å². The van der Waals surface area contributed by atoms with Crippen molar-refractivity contribution in [2.24, 2.45) is 0 Å². The van der Waals surface area contributed by atoms with Crippen LogP contribution < -0.4 is 0 Å². The number of H-pyrrole nitrogens is 1. The number of carbonyl (C=O) groups excluding carboxylic acids is 1. The number of nitrogens with zero attached hydrogens (tertiary/aromatic N) is 2. The zero-order valence-electron chi connectivity index (χ0n) is 15.7. The van der Waals surface area contributed by atoms with Crippen molar-refractivity contribution in [2.75, 3.05) is 6.54 Å². The predicted octanol–water partition coefficient (Wildman–Crippen LogP) is 4.89. The van der Waals surface area contributed by atoms with E-state index in [1.54, 1.807) is 17.0 Å². The van der Waals surface area contributed by atoms with Gasteiger partial charge < -0.3 is 10.0 Å². The summed E-state index contributed by atoms with van der Waals surface area (Å²) in [4.78, 5) is 14.8. The third-order valence-corrected chi connectivity index (χ3v) is 5.60. The standard InChI is InChI=1S/C22H20BrN3O2/c1-4-9-26-21(14-5-7-15(23)8-6-14)18-19(24-25-20(18)22(26)28)17-13(3)10-12(2)11-16(17)27/h4-8,10-11,21,27H,1,9H2,2-3H3,(H,24,25). The van der Waals surface area contributed by atoms with E-state index in [2.05, 4.69) is 32.7 Å². The van der Waals surface area contributed by atoms with Crippen LogP contribution in [0.5, 0.6) is 5.75 Å². The van der Waals surface area contributed by atoms with E-state index in [0.717, 1.165) is 26.7 Å². The highest BCUT2D eigenvalue weighted by Crippen LogP contribution is 2.45. The molecule has 1 atom stereocenters. The minimum absolute atomic E-state index is 0.120. The van der Waals surface area contributed by atoms with Gasteiger partial charge in [-0.1, -0.05) is 40.2 Å². The smallest absolute Gasteiger partial charge is 0.273 e. The first-order valence-electron chi connectivity index (χ1n) is 8.98. The molecular formula is C22H20BrN3O2. The fourth-order valence-electron chi connectivity index (χ4n) is 3.96. The van der Waals surface area contributed by atoms with Crippen LogP contribution in [0, 0.1) is 13.8 Å². The van der Waals surface area contributed by atoms with Crippen LogP contribution in [0.15, 0.2) is 53.5 Å². The third-order valence-electron chi connectivity index (χ3n) is 5.07. The zero-order valence-corrected chi connectivity index (χ0v) is 17.2. The first kappa shape index (κ1) is 18.5. The highest BCUT2D eigenvalue weighted by molar-refractivity contribution is 9.10. The molecule has 0 aliphatic carbocycles. The SMILES string of the molecule is C=CCN1C(=O)c2[nH]nc(-c3c(C)cc(C)cc3O)c2C1c1ccc(Br)cc1. The highest BCUT2D eigenvalue weighted by atomic mass is 79.9. The van der Waals surface area contributed by atoms with E-state index in [0.29, 0.717) is 23.5 Å². The Bertz CT molecular complexity index is 1060.